The Balaban J connectivity index is 2.96. The van der Waals surface area contributed by atoms with Crippen molar-refractivity contribution < 1.29 is 13.0 Å². The number of hydrogen-bond acceptors (Lipinski definition) is 2. The van der Waals surface area contributed by atoms with Crippen molar-refractivity contribution in [1.29, 1.82) is 0 Å². The number of hydrogen-bond donors (Lipinski definition) is 1. The first-order valence-electron chi connectivity index (χ1n) is 4.36. The third-order valence-corrected chi connectivity index (χ3v) is 4.64. The fourth-order valence-electron chi connectivity index (χ4n) is 1.55. The van der Waals surface area contributed by atoms with Gasteiger partial charge in [-0.15, -0.1) is 0 Å². The lowest BCUT2D eigenvalue weighted by atomic mass is 10.1. The smallest absolute Gasteiger partial charge is 0.337 e. The summed E-state index contributed by atoms with van der Waals surface area (Å²) in [6.07, 6.45) is 0. The second-order valence-corrected chi connectivity index (χ2v) is 5.83. The van der Waals surface area contributed by atoms with E-state index in [-0.39, 0.29) is 5.56 Å². The van der Waals surface area contributed by atoms with Crippen molar-refractivity contribution in [3.63, 3.8) is 0 Å². The van der Waals surface area contributed by atoms with Gasteiger partial charge in [0.15, 0.2) is 21.2 Å². The molecule has 3 nitrogen and oxygen atoms in total. The van der Waals surface area contributed by atoms with Gasteiger partial charge in [-0.2, -0.15) is 0 Å². The standard InChI is InChI=1S/C11H6I2O3/c12-8-5-6-3-1-2-4-7(6)10(13-16)9(8)11(14)15/h1-5H,(H,14,15). The molecule has 0 saturated heterocycles. The zero-order valence-electron chi connectivity index (χ0n) is 7.91. The molecule has 0 unspecified atom stereocenters. The number of benzene rings is 2. The molecule has 0 atom stereocenters. The van der Waals surface area contributed by atoms with Gasteiger partial charge in [-0.25, -0.2) is 4.79 Å². The molecule has 0 fully saturated rings. The molecule has 0 heterocycles. The average Bonchev–Trinajstić information content (AvgIpc) is 2.26. The molecule has 0 aliphatic carbocycles. The third kappa shape index (κ3) is 1.97. The second kappa shape index (κ2) is 4.74. The van der Waals surface area contributed by atoms with Crippen LogP contribution in [0, 0.1) is 7.14 Å². The van der Waals surface area contributed by atoms with Crippen LogP contribution in [0.4, 0.5) is 0 Å². The fraction of sp³-hybridized carbons (Fsp3) is 0. The highest BCUT2D eigenvalue weighted by Gasteiger charge is 2.17. The normalized spacial score (nSPS) is 10.6. The molecule has 0 amide bonds. The Kier molecular flexibility index (Phi) is 3.53. The van der Waals surface area contributed by atoms with Gasteiger partial charge in [-0.3, -0.25) is 3.07 Å². The molecule has 2 aromatic carbocycles. The van der Waals surface area contributed by atoms with Crippen LogP contribution in [0.1, 0.15) is 10.4 Å². The minimum absolute atomic E-state index is 0.183. The lowest BCUT2D eigenvalue weighted by Crippen LogP contribution is -2.03. The van der Waals surface area contributed by atoms with Crippen molar-refractivity contribution in [1.82, 2.24) is 0 Å². The number of carboxylic acid groups (broad SMARTS) is 1. The van der Waals surface area contributed by atoms with E-state index in [1.54, 1.807) is 0 Å². The van der Waals surface area contributed by atoms with Crippen molar-refractivity contribution in [2.75, 3.05) is 0 Å². The lowest BCUT2D eigenvalue weighted by Gasteiger charge is -2.06. The summed E-state index contributed by atoms with van der Waals surface area (Å²) in [5.41, 5.74) is 0.183. The number of carboxylic acids is 1. The van der Waals surface area contributed by atoms with Gasteiger partial charge in [-0.1, -0.05) is 24.3 Å². The highest BCUT2D eigenvalue weighted by molar-refractivity contribution is 14.1. The molecule has 0 saturated carbocycles. The predicted molar refractivity (Wildman–Crippen MR) is 77.0 cm³/mol. The van der Waals surface area contributed by atoms with E-state index in [1.165, 1.54) is 0 Å². The van der Waals surface area contributed by atoms with Crippen LogP contribution in [0.5, 0.6) is 0 Å². The van der Waals surface area contributed by atoms with E-state index < -0.39 is 27.2 Å². The van der Waals surface area contributed by atoms with Crippen LogP contribution >= 0.6 is 43.8 Å². The Morgan fingerprint density at radius 1 is 1.31 bits per heavy atom. The molecule has 2 aromatic rings. The van der Waals surface area contributed by atoms with Gasteiger partial charge >= 0.3 is 5.97 Å². The second-order valence-electron chi connectivity index (χ2n) is 3.15. The minimum Gasteiger partial charge on any atom is -0.478 e. The molecule has 0 aliphatic rings. The topological polar surface area (TPSA) is 54.4 Å². The summed E-state index contributed by atoms with van der Waals surface area (Å²) < 4.78 is 12.4. The lowest BCUT2D eigenvalue weighted by molar-refractivity contribution is 0.0694. The zero-order chi connectivity index (χ0) is 11.7. The number of halogens is 2. The van der Waals surface area contributed by atoms with E-state index >= 15 is 0 Å². The van der Waals surface area contributed by atoms with E-state index in [0.29, 0.717) is 7.14 Å². The van der Waals surface area contributed by atoms with Gasteiger partial charge in [0.25, 0.3) is 0 Å². The molecular formula is C11H6I2O3. The van der Waals surface area contributed by atoms with E-state index in [0.717, 1.165) is 10.8 Å². The first kappa shape index (κ1) is 11.9. The molecule has 82 valence electrons. The third-order valence-electron chi connectivity index (χ3n) is 2.23. The van der Waals surface area contributed by atoms with E-state index in [9.17, 15) is 7.86 Å². The Morgan fingerprint density at radius 2 is 2.00 bits per heavy atom. The van der Waals surface area contributed by atoms with Crippen LogP contribution in [0.2, 0.25) is 0 Å². The van der Waals surface area contributed by atoms with Crippen LogP contribution in [-0.2, 0) is 3.07 Å². The monoisotopic (exact) mass is 440 g/mol. The fourth-order valence-corrected chi connectivity index (χ4v) is 4.37. The molecule has 5 heteroatoms. The van der Waals surface area contributed by atoms with Crippen LogP contribution in [0.3, 0.4) is 0 Å². The number of rotatable bonds is 2. The SMILES string of the molecule is O=Ic1c(C(=O)O)c(I)cc2ccccc12. The Labute approximate surface area is 116 Å². The summed E-state index contributed by atoms with van der Waals surface area (Å²) in [5.74, 6) is -1.01. The summed E-state index contributed by atoms with van der Waals surface area (Å²) in [5, 5.41) is 10.8. The van der Waals surface area contributed by atoms with Crippen LogP contribution < -0.4 is 0 Å². The van der Waals surface area contributed by atoms with E-state index in [2.05, 4.69) is 0 Å². The van der Waals surface area contributed by atoms with Gasteiger partial charge in [-0.05, 0) is 39.4 Å². The summed E-state index contributed by atoms with van der Waals surface area (Å²) in [6.45, 7) is 0. The van der Waals surface area contributed by atoms with Crippen molar-refractivity contribution in [2.24, 2.45) is 0 Å². The molecule has 0 bridgehead atoms. The number of carbonyl (C=O) groups is 1. The predicted octanol–water partition coefficient (Wildman–Crippen LogP) is 3.63. The summed E-state index contributed by atoms with van der Waals surface area (Å²) in [7, 11) is 0. The molecular weight excluding hydrogens is 434 g/mol. The Hall–Kier alpha value is -0.570. The van der Waals surface area contributed by atoms with Gasteiger partial charge in [0, 0.05) is 3.57 Å². The molecule has 0 aliphatic heterocycles. The van der Waals surface area contributed by atoms with Crippen molar-refractivity contribution >= 4 is 60.5 Å². The zero-order valence-corrected chi connectivity index (χ0v) is 12.2. The largest absolute Gasteiger partial charge is 0.478 e. The van der Waals surface area contributed by atoms with Crippen molar-refractivity contribution in [3.05, 3.63) is 43.0 Å². The average molecular weight is 440 g/mol. The maximum absolute atomic E-state index is 11.3. The van der Waals surface area contributed by atoms with Gasteiger partial charge in [0.2, 0.25) is 0 Å². The maximum Gasteiger partial charge on any atom is 0.337 e. The van der Waals surface area contributed by atoms with Crippen LogP contribution in [0.25, 0.3) is 10.8 Å². The number of aromatic carboxylic acids is 1. The molecule has 0 spiro atoms. The first-order valence-corrected chi connectivity index (χ1v) is 7.40. The highest BCUT2D eigenvalue weighted by atomic mass is 127. The highest BCUT2D eigenvalue weighted by Crippen LogP contribution is 2.30. The Bertz CT molecular complexity index is 593. The van der Waals surface area contributed by atoms with Crippen LogP contribution in [-0.4, -0.2) is 11.1 Å². The minimum atomic E-state index is -1.50. The summed E-state index contributed by atoms with van der Waals surface area (Å²) >= 11 is 0.470. The summed E-state index contributed by atoms with van der Waals surface area (Å²) in [4.78, 5) is 11.1. The van der Waals surface area contributed by atoms with Crippen LogP contribution in [0.15, 0.2) is 30.3 Å². The van der Waals surface area contributed by atoms with Gasteiger partial charge in [0.05, 0.1) is 9.13 Å². The first-order chi connectivity index (χ1) is 7.65. The quantitative estimate of drug-likeness (QED) is 0.727. The van der Waals surface area contributed by atoms with Gasteiger partial charge < -0.3 is 5.11 Å². The van der Waals surface area contributed by atoms with E-state index in [1.807, 2.05) is 52.9 Å². The van der Waals surface area contributed by atoms with Crippen molar-refractivity contribution in [3.8, 4) is 0 Å². The maximum atomic E-state index is 11.3. The molecule has 16 heavy (non-hydrogen) atoms. The van der Waals surface area contributed by atoms with Crippen molar-refractivity contribution in [2.45, 2.75) is 0 Å². The van der Waals surface area contributed by atoms with E-state index in [4.69, 9.17) is 5.11 Å². The molecule has 0 radical (unpaired) electrons. The molecule has 1 N–H and O–H groups in total. The molecule has 0 aromatic heterocycles. The van der Waals surface area contributed by atoms with Gasteiger partial charge in [0.1, 0.15) is 0 Å². The Morgan fingerprint density at radius 3 is 2.62 bits per heavy atom. The summed E-state index contributed by atoms with van der Waals surface area (Å²) in [6, 6.07) is 9.22. The molecule has 2 rings (SSSR count). The number of fused-ring (bicyclic) bond motifs is 1.